The molecule has 1 aromatic rings. The molecular weight excluding hydrogens is 327 g/mol. The van der Waals surface area contributed by atoms with Gasteiger partial charge in [0.25, 0.3) is 10.1 Å². The Morgan fingerprint density at radius 3 is 2.08 bits per heavy atom. The van der Waals surface area contributed by atoms with E-state index in [2.05, 4.69) is 0 Å². The molecule has 1 atom stereocenters. The van der Waals surface area contributed by atoms with Crippen LogP contribution in [0.25, 0.3) is 0 Å². The number of aryl methyl sites for hydroxylation is 1. The highest BCUT2D eigenvalue weighted by atomic mass is 32.2. The van der Waals surface area contributed by atoms with Crippen molar-refractivity contribution in [1.82, 2.24) is 0 Å². The van der Waals surface area contributed by atoms with Crippen molar-refractivity contribution in [3.8, 4) is 0 Å². The van der Waals surface area contributed by atoms with Crippen LogP contribution >= 0.6 is 0 Å². The molecule has 2 rings (SSSR count). The number of hydrogen-bond acceptors (Lipinski definition) is 4. The largest absolute Gasteiger partial charge is 0.486 e. The van der Waals surface area contributed by atoms with Crippen molar-refractivity contribution in [2.45, 2.75) is 57.5 Å². The fraction of sp³-hybridized carbons (Fsp3) is 0.529. The fourth-order valence-electron chi connectivity index (χ4n) is 2.49. The monoisotopic (exact) mass is 352 g/mol. The summed E-state index contributed by atoms with van der Waals surface area (Å²) in [7, 11) is -4.74. The quantitative estimate of drug-likeness (QED) is 0.649. The van der Waals surface area contributed by atoms with Crippen LogP contribution in [0.15, 0.2) is 36.3 Å². The average Bonchev–Trinajstić information content (AvgIpc) is 2.63. The molecular formula is C17H25BO5S. The molecule has 7 heteroatoms. The third-order valence-corrected chi connectivity index (χ3v) is 5.91. The zero-order valence-corrected chi connectivity index (χ0v) is 15.6. The van der Waals surface area contributed by atoms with Crippen molar-refractivity contribution in [2.24, 2.45) is 0 Å². The molecule has 24 heavy (non-hydrogen) atoms. The van der Waals surface area contributed by atoms with Crippen LogP contribution in [0.1, 0.15) is 50.5 Å². The second kappa shape index (κ2) is 6.63. The highest BCUT2D eigenvalue weighted by Crippen LogP contribution is 2.37. The summed E-state index contributed by atoms with van der Waals surface area (Å²) < 4.78 is 44.6. The lowest BCUT2D eigenvalue weighted by atomic mass is 9.89. The van der Waals surface area contributed by atoms with Crippen LogP contribution in [0.3, 0.4) is 0 Å². The van der Waals surface area contributed by atoms with Crippen molar-refractivity contribution < 1.29 is 22.3 Å². The topological polar surface area (TPSA) is 72.8 Å². The minimum atomic E-state index is -4.21. The summed E-state index contributed by atoms with van der Waals surface area (Å²) >= 11 is 0. The summed E-state index contributed by atoms with van der Waals surface area (Å²) in [5.74, 6) is 1.70. The molecule has 0 radical (unpaired) electrons. The lowest BCUT2D eigenvalue weighted by Gasteiger charge is -2.32. The Morgan fingerprint density at radius 1 is 1.12 bits per heavy atom. The second-order valence-corrected chi connectivity index (χ2v) is 8.80. The van der Waals surface area contributed by atoms with Crippen LogP contribution < -0.4 is 0 Å². The van der Waals surface area contributed by atoms with Crippen molar-refractivity contribution >= 4 is 17.2 Å². The lowest BCUT2D eigenvalue weighted by Crippen LogP contribution is -2.41. The molecule has 1 unspecified atom stereocenters. The summed E-state index contributed by atoms with van der Waals surface area (Å²) in [5.41, 5.74) is 0.699. The Morgan fingerprint density at radius 2 is 1.62 bits per heavy atom. The molecule has 0 bridgehead atoms. The molecule has 1 aliphatic rings. The van der Waals surface area contributed by atoms with Gasteiger partial charge in [-0.2, -0.15) is 8.42 Å². The van der Waals surface area contributed by atoms with Gasteiger partial charge in [0.2, 0.25) is 0 Å². The fourth-order valence-corrected chi connectivity index (χ4v) is 3.35. The van der Waals surface area contributed by atoms with Crippen LogP contribution in [0.2, 0.25) is 0 Å². The first-order chi connectivity index (χ1) is 10.9. The van der Waals surface area contributed by atoms with Crippen LogP contribution in [0.4, 0.5) is 0 Å². The lowest BCUT2D eigenvalue weighted by molar-refractivity contribution is 0.00578. The Labute approximate surface area is 144 Å². The van der Waals surface area contributed by atoms with E-state index >= 15 is 0 Å². The second-order valence-electron chi connectivity index (χ2n) is 7.20. The first kappa shape index (κ1) is 19.2. The Balaban J connectivity index is 2.11. The maximum absolute atomic E-state index is 11.7. The van der Waals surface area contributed by atoms with Crippen molar-refractivity contribution in [1.29, 1.82) is 0 Å². The van der Waals surface area contributed by atoms with Crippen LogP contribution in [-0.2, 0) is 19.4 Å². The normalized spacial score (nSPS) is 21.3. The van der Waals surface area contributed by atoms with E-state index in [1.54, 1.807) is 24.2 Å². The SMILES string of the molecule is Cc1ccc(C(C/C=C/B2OC(C)(C)C(C)(C)O2)S(=O)(=O)O)cc1. The van der Waals surface area contributed by atoms with Gasteiger partial charge in [0.05, 0.1) is 11.2 Å². The standard InChI is InChI=1S/C17H25BO5S/c1-13-8-10-14(11-9-13)15(24(19,20)21)7-6-12-18-22-16(2,3)17(4,5)23-18/h6,8-12,15H,7H2,1-5H3,(H,19,20,21)/b12-6+. The van der Waals surface area contributed by atoms with E-state index in [0.29, 0.717) is 5.56 Å². The molecule has 1 aromatic carbocycles. The van der Waals surface area contributed by atoms with Gasteiger partial charge in [-0.15, -0.1) is 0 Å². The molecule has 0 saturated carbocycles. The van der Waals surface area contributed by atoms with Gasteiger partial charge in [-0.1, -0.05) is 41.9 Å². The smallest absolute Gasteiger partial charge is 0.400 e. The first-order valence-corrected chi connectivity index (χ1v) is 9.48. The summed E-state index contributed by atoms with van der Waals surface area (Å²) in [6.07, 6.45) is 1.83. The minimum Gasteiger partial charge on any atom is -0.400 e. The molecule has 1 fully saturated rings. The highest BCUT2D eigenvalue weighted by Gasteiger charge is 2.50. The number of hydrogen-bond donors (Lipinski definition) is 1. The summed E-state index contributed by atoms with van der Waals surface area (Å²) in [6, 6.07) is 7.09. The molecule has 1 N–H and O–H groups in total. The van der Waals surface area contributed by atoms with Gasteiger partial charge in [0, 0.05) is 0 Å². The van der Waals surface area contributed by atoms with Crippen molar-refractivity contribution in [3.05, 3.63) is 47.4 Å². The van der Waals surface area contributed by atoms with Gasteiger partial charge < -0.3 is 9.31 Å². The zero-order valence-electron chi connectivity index (χ0n) is 14.8. The van der Waals surface area contributed by atoms with E-state index in [0.717, 1.165) is 5.56 Å². The van der Waals surface area contributed by atoms with E-state index in [-0.39, 0.29) is 6.42 Å². The molecule has 0 aliphatic carbocycles. The zero-order chi connectivity index (χ0) is 18.2. The van der Waals surface area contributed by atoms with Crippen molar-refractivity contribution in [3.63, 3.8) is 0 Å². The van der Waals surface area contributed by atoms with Gasteiger partial charge in [-0.3, -0.25) is 4.55 Å². The molecule has 1 saturated heterocycles. The first-order valence-electron chi connectivity index (χ1n) is 7.97. The maximum atomic E-state index is 11.7. The molecule has 0 amide bonds. The van der Waals surface area contributed by atoms with Gasteiger partial charge in [0.1, 0.15) is 5.25 Å². The summed E-state index contributed by atoms with van der Waals surface area (Å²) in [5, 5.41) is -1.00. The van der Waals surface area contributed by atoms with E-state index in [1.807, 2.05) is 46.8 Å². The predicted molar refractivity (Wildman–Crippen MR) is 95.3 cm³/mol. The van der Waals surface area contributed by atoms with Gasteiger partial charge in [0.15, 0.2) is 0 Å². The van der Waals surface area contributed by atoms with Crippen LogP contribution in [-0.4, -0.2) is 31.3 Å². The van der Waals surface area contributed by atoms with E-state index in [1.165, 1.54) is 0 Å². The Kier molecular flexibility index (Phi) is 5.30. The van der Waals surface area contributed by atoms with Crippen LogP contribution in [0, 0.1) is 6.92 Å². The summed E-state index contributed by atoms with van der Waals surface area (Å²) in [4.78, 5) is 0. The number of rotatable bonds is 5. The van der Waals surface area contributed by atoms with Crippen LogP contribution in [0.5, 0.6) is 0 Å². The van der Waals surface area contributed by atoms with E-state index in [4.69, 9.17) is 9.31 Å². The van der Waals surface area contributed by atoms with Gasteiger partial charge >= 0.3 is 7.12 Å². The third-order valence-electron chi connectivity index (χ3n) is 4.72. The van der Waals surface area contributed by atoms with E-state index in [9.17, 15) is 13.0 Å². The van der Waals surface area contributed by atoms with Crippen molar-refractivity contribution in [2.75, 3.05) is 0 Å². The van der Waals surface area contributed by atoms with Gasteiger partial charge in [-0.05, 0) is 46.6 Å². The summed E-state index contributed by atoms with van der Waals surface area (Å²) in [6.45, 7) is 9.73. The molecule has 5 nitrogen and oxygen atoms in total. The molecule has 1 aliphatic heterocycles. The maximum Gasteiger partial charge on any atom is 0.486 e. The number of benzene rings is 1. The Hall–Kier alpha value is -1.15. The average molecular weight is 352 g/mol. The third kappa shape index (κ3) is 4.27. The molecule has 132 valence electrons. The highest BCUT2D eigenvalue weighted by molar-refractivity contribution is 7.86. The molecule has 0 spiro atoms. The minimum absolute atomic E-state index is 0.145. The molecule has 1 heterocycles. The van der Waals surface area contributed by atoms with E-state index < -0.39 is 33.7 Å². The van der Waals surface area contributed by atoms with Gasteiger partial charge in [-0.25, -0.2) is 0 Å². The number of allylic oxidation sites excluding steroid dienone is 1. The Bertz CT molecular complexity index is 691. The molecule has 0 aromatic heterocycles. The predicted octanol–water partition coefficient (Wildman–Crippen LogP) is 3.50.